The van der Waals surface area contributed by atoms with Crippen LogP contribution in [0.25, 0.3) is 0 Å². The SMILES string of the molecule is COC(C)COc1ccc(Cl)cc1[C@@H](C)N. The lowest BCUT2D eigenvalue weighted by Gasteiger charge is -2.16. The first-order valence-corrected chi connectivity index (χ1v) is 5.63. The quantitative estimate of drug-likeness (QED) is 0.865. The van der Waals surface area contributed by atoms with Gasteiger partial charge in [0.2, 0.25) is 0 Å². The van der Waals surface area contributed by atoms with E-state index in [1.165, 1.54) is 0 Å². The van der Waals surface area contributed by atoms with Gasteiger partial charge in [0.15, 0.2) is 0 Å². The van der Waals surface area contributed by atoms with Gasteiger partial charge < -0.3 is 15.2 Å². The number of ether oxygens (including phenoxy) is 2. The Kier molecular flexibility index (Phi) is 5.06. The van der Waals surface area contributed by atoms with Gasteiger partial charge in [0.1, 0.15) is 12.4 Å². The zero-order valence-electron chi connectivity index (χ0n) is 9.87. The number of benzene rings is 1. The minimum Gasteiger partial charge on any atom is -0.491 e. The van der Waals surface area contributed by atoms with Crippen LogP contribution in [0.1, 0.15) is 25.5 Å². The van der Waals surface area contributed by atoms with Crippen LogP contribution in [0, 0.1) is 0 Å². The predicted octanol–water partition coefficient (Wildman–Crippen LogP) is 2.77. The van der Waals surface area contributed by atoms with E-state index in [0.717, 1.165) is 11.3 Å². The number of halogens is 1. The molecule has 1 unspecified atom stereocenters. The van der Waals surface area contributed by atoms with E-state index in [1.54, 1.807) is 13.2 Å². The van der Waals surface area contributed by atoms with Crippen molar-refractivity contribution in [1.82, 2.24) is 0 Å². The summed E-state index contributed by atoms with van der Waals surface area (Å²) in [5.41, 5.74) is 6.77. The Hall–Kier alpha value is -0.770. The molecule has 0 amide bonds. The fraction of sp³-hybridized carbons (Fsp3) is 0.500. The van der Waals surface area contributed by atoms with Crippen LogP contribution >= 0.6 is 11.6 Å². The lowest BCUT2D eigenvalue weighted by Crippen LogP contribution is -2.17. The molecule has 4 heteroatoms. The summed E-state index contributed by atoms with van der Waals surface area (Å²) in [4.78, 5) is 0. The van der Waals surface area contributed by atoms with Crippen molar-refractivity contribution in [2.24, 2.45) is 5.73 Å². The molecule has 0 bridgehead atoms. The maximum atomic E-state index is 5.92. The number of methoxy groups -OCH3 is 1. The molecule has 0 saturated heterocycles. The van der Waals surface area contributed by atoms with Gasteiger partial charge in [-0.05, 0) is 32.0 Å². The zero-order valence-corrected chi connectivity index (χ0v) is 10.6. The van der Waals surface area contributed by atoms with Gasteiger partial charge in [0, 0.05) is 23.7 Å². The molecule has 0 aliphatic rings. The number of hydrogen-bond donors (Lipinski definition) is 1. The van der Waals surface area contributed by atoms with E-state index in [9.17, 15) is 0 Å². The molecule has 0 aliphatic heterocycles. The molecular weight excluding hydrogens is 226 g/mol. The summed E-state index contributed by atoms with van der Waals surface area (Å²) in [6.45, 7) is 4.34. The van der Waals surface area contributed by atoms with Crippen molar-refractivity contribution in [2.45, 2.75) is 26.0 Å². The smallest absolute Gasteiger partial charge is 0.124 e. The molecule has 1 rings (SSSR count). The van der Waals surface area contributed by atoms with Crippen LogP contribution in [0.4, 0.5) is 0 Å². The summed E-state index contributed by atoms with van der Waals surface area (Å²) in [6.07, 6.45) is 0.0524. The fourth-order valence-electron chi connectivity index (χ4n) is 1.28. The van der Waals surface area contributed by atoms with Crippen molar-refractivity contribution in [2.75, 3.05) is 13.7 Å². The highest BCUT2D eigenvalue weighted by molar-refractivity contribution is 6.30. The molecule has 1 aromatic carbocycles. The first kappa shape index (κ1) is 13.3. The molecule has 16 heavy (non-hydrogen) atoms. The van der Waals surface area contributed by atoms with E-state index >= 15 is 0 Å². The van der Waals surface area contributed by atoms with Gasteiger partial charge in [-0.25, -0.2) is 0 Å². The molecule has 90 valence electrons. The lowest BCUT2D eigenvalue weighted by atomic mass is 10.1. The Bertz CT molecular complexity index is 342. The molecule has 2 atom stereocenters. The molecule has 1 aromatic rings. The van der Waals surface area contributed by atoms with Gasteiger partial charge in [0.25, 0.3) is 0 Å². The normalized spacial score (nSPS) is 14.6. The van der Waals surface area contributed by atoms with Crippen molar-refractivity contribution in [1.29, 1.82) is 0 Å². The Labute approximate surface area is 101 Å². The number of rotatable bonds is 5. The zero-order chi connectivity index (χ0) is 12.1. The fourth-order valence-corrected chi connectivity index (χ4v) is 1.46. The molecule has 0 aromatic heterocycles. The van der Waals surface area contributed by atoms with Crippen molar-refractivity contribution in [3.05, 3.63) is 28.8 Å². The average molecular weight is 244 g/mol. The standard InChI is InChI=1S/C12H18ClNO2/c1-8(15-3)7-16-12-5-4-10(13)6-11(12)9(2)14/h4-6,8-9H,7,14H2,1-3H3/t8?,9-/m1/s1. The van der Waals surface area contributed by atoms with Crippen molar-refractivity contribution in [3.63, 3.8) is 0 Å². The monoisotopic (exact) mass is 243 g/mol. The summed E-state index contributed by atoms with van der Waals surface area (Å²) in [5, 5.41) is 0.666. The molecule has 3 nitrogen and oxygen atoms in total. The second-order valence-corrected chi connectivity index (χ2v) is 4.26. The number of nitrogens with two attached hydrogens (primary N) is 1. The summed E-state index contributed by atoms with van der Waals surface area (Å²) in [7, 11) is 1.66. The van der Waals surface area contributed by atoms with E-state index < -0.39 is 0 Å². The average Bonchev–Trinajstić information content (AvgIpc) is 2.26. The van der Waals surface area contributed by atoms with Gasteiger partial charge in [-0.15, -0.1) is 0 Å². The minimum atomic E-state index is -0.105. The van der Waals surface area contributed by atoms with Crippen LogP contribution < -0.4 is 10.5 Å². The van der Waals surface area contributed by atoms with Crippen LogP contribution in [-0.2, 0) is 4.74 Å². The number of hydrogen-bond acceptors (Lipinski definition) is 3. The molecule has 0 radical (unpaired) electrons. The van der Waals surface area contributed by atoms with Crippen LogP contribution in [-0.4, -0.2) is 19.8 Å². The van der Waals surface area contributed by atoms with E-state index in [1.807, 2.05) is 26.0 Å². The Morgan fingerprint density at radius 3 is 2.62 bits per heavy atom. The maximum Gasteiger partial charge on any atom is 0.124 e. The van der Waals surface area contributed by atoms with Crippen LogP contribution in [0.5, 0.6) is 5.75 Å². The highest BCUT2D eigenvalue weighted by atomic mass is 35.5. The van der Waals surface area contributed by atoms with Gasteiger partial charge in [-0.3, -0.25) is 0 Å². The second-order valence-electron chi connectivity index (χ2n) is 3.83. The first-order valence-electron chi connectivity index (χ1n) is 5.25. The van der Waals surface area contributed by atoms with Gasteiger partial charge >= 0.3 is 0 Å². The van der Waals surface area contributed by atoms with Crippen LogP contribution in [0.2, 0.25) is 5.02 Å². The topological polar surface area (TPSA) is 44.5 Å². The van der Waals surface area contributed by atoms with Crippen molar-refractivity contribution < 1.29 is 9.47 Å². The van der Waals surface area contributed by atoms with E-state index in [2.05, 4.69) is 0 Å². The summed E-state index contributed by atoms with van der Waals surface area (Å²) in [6, 6.07) is 5.36. The molecule has 0 fully saturated rings. The molecule has 0 spiro atoms. The molecular formula is C12H18ClNO2. The lowest BCUT2D eigenvalue weighted by molar-refractivity contribution is 0.0712. The summed E-state index contributed by atoms with van der Waals surface area (Å²) < 4.78 is 10.8. The Balaban J connectivity index is 2.78. The third kappa shape index (κ3) is 3.67. The molecule has 0 aliphatic carbocycles. The predicted molar refractivity (Wildman–Crippen MR) is 66.0 cm³/mol. The maximum absolute atomic E-state index is 5.92. The van der Waals surface area contributed by atoms with Crippen LogP contribution in [0.3, 0.4) is 0 Å². The second kappa shape index (κ2) is 6.09. The third-order valence-corrected chi connectivity index (χ3v) is 2.57. The minimum absolute atomic E-state index is 0.0524. The largest absolute Gasteiger partial charge is 0.491 e. The van der Waals surface area contributed by atoms with E-state index in [-0.39, 0.29) is 12.1 Å². The molecule has 2 N–H and O–H groups in total. The highest BCUT2D eigenvalue weighted by Gasteiger charge is 2.10. The van der Waals surface area contributed by atoms with Crippen molar-refractivity contribution in [3.8, 4) is 5.75 Å². The molecule has 0 heterocycles. The Morgan fingerprint density at radius 1 is 1.38 bits per heavy atom. The third-order valence-electron chi connectivity index (χ3n) is 2.34. The van der Waals surface area contributed by atoms with Gasteiger partial charge in [-0.2, -0.15) is 0 Å². The summed E-state index contributed by atoms with van der Waals surface area (Å²) in [5.74, 6) is 0.767. The highest BCUT2D eigenvalue weighted by Crippen LogP contribution is 2.27. The van der Waals surface area contributed by atoms with Crippen LogP contribution in [0.15, 0.2) is 18.2 Å². The van der Waals surface area contributed by atoms with Crippen molar-refractivity contribution >= 4 is 11.6 Å². The van der Waals surface area contributed by atoms with Gasteiger partial charge in [-0.1, -0.05) is 11.6 Å². The van der Waals surface area contributed by atoms with E-state index in [4.69, 9.17) is 26.8 Å². The van der Waals surface area contributed by atoms with E-state index in [0.29, 0.717) is 11.6 Å². The first-order chi connectivity index (χ1) is 7.54. The Morgan fingerprint density at radius 2 is 2.06 bits per heavy atom. The summed E-state index contributed by atoms with van der Waals surface area (Å²) >= 11 is 5.92. The van der Waals surface area contributed by atoms with Gasteiger partial charge in [0.05, 0.1) is 6.10 Å². The molecule has 0 saturated carbocycles.